The highest BCUT2D eigenvalue weighted by Crippen LogP contribution is 2.30. The molecule has 0 aliphatic heterocycles. The Bertz CT molecular complexity index is 1140. The van der Waals surface area contributed by atoms with Crippen LogP contribution in [0.4, 0.5) is 0 Å². The summed E-state index contributed by atoms with van der Waals surface area (Å²) < 4.78 is 3.87. The van der Waals surface area contributed by atoms with E-state index in [1.807, 2.05) is 52.5 Å². The third-order valence-electron chi connectivity index (χ3n) is 4.88. The average molecular weight is 439 g/mol. The van der Waals surface area contributed by atoms with Gasteiger partial charge in [0.25, 0.3) is 5.95 Å². The quantitative estimate of drug-likeness (QED) is 0.370. The van der Waals surface area contributed by atoms with Crippen LogP contribution in [0.15, 0.2) is 48.5 Å². The largest absolute Gasteiger partial charge is 0.337 e. The van der Waals surface area contributed by atoms with Gasteiger partial charge < -0.3 is 4.57 Å². The highest BCUT2D eigenvalue weighted by molar-refractivity contribution is 7.13. The molecule has 8 heteroatoms. The Morgan fingerprint density at radius 3 is 2.87 bits per heavy atom. The maximum absolute atomic E-state index is 6.37. The van der Waals surface area contributed by atoms with Crippen molar-refractivity contribution in [2.75, 3.05) is 0 Å². The van der Waals surface area contributed by atoms with Gasteiger partial charge in [-0.1, -0.05) is 43.2 Å². The number of imidazole rings is 1. The minimum absolute atomic E-state index is 0.541. The molecule has 0 aliphatic carbocycles. The summed E-state index contributed by atoms with van der Waals surface area (Å²) in [6.45, 7) is 2.19. The molecule has 0 radical (unpaired) electrons. The topological polar surface area (TPSA) is 61.4 Å². The highest BCUT2D eigenvalue weighted by Gasteiger charge is 2.15. The van der Waals surface area contributed by atoms with Crippen molar-refractivity contribution >= 4 is 29.0 Å². The van der Waals surface area contributed by atoms with Crippen molar-refractivity contribution in [3.8, 4) is 16.5 Å². The van der Waals surface area contributed by atoms with Gasteiger partial charge >= 0.3 is 0 Å². The van der Waals surface area contributed by atoms with Crippen LogP contribution in [0, 0.1) is 0 Å². The summed E-state index contributed by atoms with van der Waals surface area (Å²) in [5.74, 6) is 0.542. The summed E-state index contributed by atoms with van der Waals surface area (Å²) in [6, 6.07) is 4.00. The monoisotopic (exact) mass is 438 g/mol. The van der Waals surface area contributed by atoms with Crippen LogP contribution in [0.3, 0.4) is 0 Å². The molecule has 0 N–H and O–H groups in total. The minimum atomic E-state index is 0.541. The van der Waals surface area contributed by atoms with E-state index in [1.165, 1.54) is 0 Å². The zero-order chi connectivity index (χ0) is 20.9. The Hall–Kier alpha value is -2.77. The molecule has 0 aromatic carbocycles. The number of aromatic nitrogens is 6. The van der Waals surface area contributed by atoms with Crippen molar-refractivity contribution < 1.29 is 0 Å². The molecule has 0 aliphatic rings. The van der Waals surface area contributed by atoms with E-state index in [0.717, 1.165) is 53.2 Å². The van der Waals surface area contributed by atoms with E-state index in [4.69, 9.17) is 16.6 Å². The molecule has 6 nitrogen and oxygen atoms in total. The highest BCUT2D eigenvalue weighted by atomic mass is 35.5. The molecular weight excluding hydrogens is 416 g/mol. The van der Waals surface area contributed by atoms with Crippen molar-refractivity contribution in [2.24, 2.45) is 7.05 Å². The van der Waals surface area contributed by atoms with Crippen LogP contribution in [0.5, 0.6) is 0 Å². The van der Waals surface area contributed by atoms with Crippen molar-refractivity contribution in [1.29, 1.82) is 0 Å². The fourth-order valence-electron chi connectivity index (χ4n) is 3.23. The van der Waals surface area contributed by atoms with E-state index in [-0.39, 0.29) is 0 Å². The van der Waals surface area contributed by atoms with Crippen molar-refractivity contribution in [1.82, 2.24) is 29.3 Å². The molecule has 0 atom stereocenters. The first-order valence-corrected chi connectivity index (χ1v) is 11.2. The molecule has 0 amide bonds. The summed E-state index contributed by atoms with van der Waals surface area (Å²) >= 11 is 7.97. The Morgan fingerprint density at radius 2 is 2.13 bits per heavy atom. The summed E-state index contributed by atoms with van der Waals surface area (Å²) in [4.78, 5) is 14.4. The summed E-state index contributed by atoms with van der Waals surface area (Å²) in [7, 11) is 2.00. The Labute approximate surface area is 184 Å². The number of hydrogen-bond acceptors (Lipinski definition) is 5. The zero-order valence-corrected chi connectivity index (χ0v) is 18.6. The number of halogens is 1. The average Bonchev–Trinajstić information content (AvgIpc) is 3.49. The van der Waals surface area contributed by atoms with Crippen LogP contribution < -0.4 is 0 Å². The van der Waals surface area contributed by atoms with Crippen molar-refractivity contribution in [2.45, 2.75) is 32.6 Å². The minimum Gasteiger partial charge on any atom is -0.337 e. The van der Waals surface area contributed by atoms with Crippen LogP contribution in [0.2, 0.25) is 5.02 Å². The number of aryl methyl sites for hydroxylation is 1. The number of rotatable bonds is 8. The Kier molecular flexibility index (Phi) is 6.40. The van der Waals surface area contributed by atoms with Crippen molar-refractivity contribution in [3.05, 3.63) is 70.5 Å². The predicted molar refractivity (Wildman–Crippen MR) is 122 cm³/mol. The summed E-state index contributed by atoms with van der Waals surface area (Å²) in [5.41, 5.74) is 4.09. The standard InChI is InChI=1S/C22H23ClN6S/c1-3-4-9-19-16(7-5-8-17-13-24-15-28(17)2)12-26-29(19)22-25-14-18(23)21(27-22)20-10-6-11-30-20/h5-7,10-15H,3-4,8-9H2,1-2H3. The molecule has 4 aromatic rings. The Balaban J connectivity index is 1.67. The summed E-state index contributed by atoms with van der Waals surface area (Å²) in [6.07, 6.45) is 15.4. The van der Waals surface area contributed by atoms with E-state index in [0.29, 0.717) is 11.0 Å². The fraction of sp³-hybridized carbons (Fsp3) is 0.273. The fourth-order valence-corrected chi connectivity index (χ4v) is 4.20. The maximum Gasteiger partial charge on any atom is 0.251 e. The zero-order valence-electron chi connectivity index (χ0n) is 17.0. The van der Waals surface area contributed by atoms with Crippen LogP contribution in [0.1, 0.15) is 36.7 Å². The van der Waals surface area contributed by atoms with Gasteiger partial charge in [-0.2, -0.15) is 5.10 Å². The van der Waals surface area contributed by atoms with E-state index in [2.05, 4.69) is 34.1 Å². The number of unbranched alkanes of at least 4 members (excludes halogenated alkanes) is 1. The van der Waals surface area contributed by atoms with E-state index in [9.17, 15) is 0 Å². The first-order valence-electron chi connectivity index (χ1n) is 9.92. The van der Waals surface area contributed by atoms with Crippen LogP contribution in [-0.4, -0.2) is 29.3 Å². The van der Waals surface area contributed by atoms with Gasteiger partial charge in [0.15, 0.2) is 0 Å². The second-order valence-electron chi connectivity index (χ2n) is 7.01. The number of nitrogens with zero attached hydrogens (tertiary/aromatic N) is 6. The van der Waals surface area contributed by atoms with E-state index >= 15 is 0 Å². The summed E-state index contributed by atoms with van der Waals surface area (Å²) in [5, 5.41) is 7.16. The number of hydrogen-bond donors (Lipinski definition) is 0. The lowest BCUT2D eigenvalue weighted by molar-refractivity contribution is 0.706. The third-order valence-corrected chi connectivity index (χ3v) is 6.04. The molecule has 0 saturated carbocycles. The molecular formula is C22H23ClN6S. The lowest BCUT2D eigenvalue weighted by Crippen LogP contribution is -2.08. The Morgan fingerprint density at radius 1 is 1.23 bits per heavy atom. The van der Waals surface area contributed by atoms with Crippen LogP contribution in [-0.2, 0) is 19.9 Å². The number of thiophene rings is 1. The SMILES string of the molecule is CCCCc1c(C=CCc2cncn2C)cnn1-c1ncc(Cl)c(-c2cccs2)n1. The van der Waals surface area contributed by atoms with Gasteiger partial charge in [0.2, 0.25) is 0 Å². The molecule has 4 heterocycles. The molecule has 0 bridgehead atoms. The normalized spacial score (nSPS) is 11.6. The van der Waals surface area contributed by atoms with Crippen LogP contribution >= 0.6 is 22.9 Å². The molecule has 4 rings (SSSR count). The van der Waals surface area contributed by atoms with Gasteiger partial charge in [-0.25, -0.2) is 19.6 Å². The molecule has 0 spiro atoms. The molecule has 154 valence electrons. The van der Waals surface area contributed by atoms with Gasteiger partial charge in [-0.3, -0.25) is 0 Å². The van der Waals surface area contributed by atoms with E-state index < -0.39 is 0 Å². The predicted octanol–water partition coefficient (Wildman–Crippen LogP) is 5.38. The van der Waals surface area contributed by atoms with Crippen molar-refractivity contribution in [3.63, 3.8) is 0 Å². The van der Waals surface area contributed by atoms with Crippen LogP contribution in [0.25, 0.3) is 22.6 Å². The molecule has 0 saturated heterocycles. The molecule has 4 aromatic heterocycles. The molecule has 30 heavy (non-hydrogen) atoms. The van der Waals surface area contributed by atoms with Gasteiger partial charge in [-0.05, 0) is 24.3 Å². The van der Waals surface area contributed by atoms with E-state index in [1.54, 1.807) is 17.5 Å². The van der Waals surface area contributed by atoms with Gasteiger partial charge in [0, 0.05) is 30.9 Å². The second kappa shape index (κ2) is 9.36. The van der Waals surface area contributed by atoms with Gasteiger partial charge in [-0.15, -0.1) is 11.3 Å². The van der Waals surface area contributed by atoms with Gasteiger partial charge in [0.1, 0.15) is 5.69 Å². The lowest BCUT2D eigenvalue weighted by atomic mass is 10.1. The third kappa shape index (κ3) is 4.37. The second-order valence-corrected chi connectivity index (χ2v) is 8.36. The van der Waals surface area contributed by atoms with Gasteiger partial charge in [0.05, 0.1) is 34.3 Å². The smallest absolute Gasteiger partial charge is 0.251 e. The number of allylic oxidation sites excluding steroid dienone is 1. The molecule has 0 fully saturated rings. The first-order chi connectivity index (χ1) is 14.7. The first kappa shape index (κ1) is 20.5. The lowest BCUT2D eigenvalue weighted by Gasteiger charge is -2.09. The maximum atomic E-state index is 6.37. The molecule has 0 unspecified atom stereocenters.